The van der Waals surface area contributed by atoms with E-state index < -0.39 is 0 Å². The fourth-order valence-corrected chi connectivity index (χ4v) is 1.98. The van der Waals surface area contributed by atoms with Crippen LogP contribution in [0.3, 0.4) is 0 Å². The van der Waals surface area contributed by atoms with E-state index in [-0.39, 0.29) is 5.38 Å². The lowest BCUT2D eigenvalue weighted by Crippen LogP contribution is -2.16. The minimum Gasteiger partial charge on any atom is -0.378 e. The van der Waals surface area contributed by atoms with Crippen molar-refractivity contribution in [3.63, 3.8) is 0 Å². The average Bonchev–Trinajstić information content (AvgIpc) is 2.27. The Kier molecular flexibility index (Phi) is 4.67. The van der Waals surface area contributed by atoms with Crippen molar-refractivity contribution >= 4 is 17.3 Å². The van der Waals surface area contributed by atoms with Gasteiger partial charge in [0.1, 0.15) is 0 Å². The molecule has 1 aromatic carbocycles. The van der Waals surface area contributed by atoms with Gasteiger partial charge in [0.2, 0.25) is 0 Å². The van der Waals surface area contributed by atoms with Crippen LogP contribution in [0.5, 0.6) is 0 Å². The van der Waals surface area contributed by atoms with Gasteiger partial charge in [-0.1, -0.05) is 32.9 Å². The van der Waals surface area contributed by atoms with Gasteiger partial charge < -0.3 is 4.90 Å². The van der Waals surface area contributed by atoms with Crippen molar-refractivity contribution in [3.8, 4) is 0 Å². The summed E-state index contributed by atoms with van der Waals surface area (Å²) in [4.78, 5) is 2.11. The van der Waals surface area contributed by atoms with Gasteiger partial charge >= 0.3 is 0 Å². The minimum atomic E-state index is 0.199. The number of alkyl halides is 1. The van der Waals surface area contributed by atoms with E-state index in [0.29, 0.717) is 11.8 Å². The number of hydrogen-bond acceptors (Lipinski definition) is 1. The Hall–Kier alpha value is -0.690. The number of nitrogens with zero attached hydrogens (tertiary/aromatic N) is 1. The molecule has 2 atom stereocenters. The van der Waals surface area contributed by atoms with E-state index in [0.717, 1.165) is 0 Å². The first kappa shape index (κ1) is 13.4. The zero-order chi connectivity index (χ0) is 12.3. The van der Waals surface area contributed by atoms with E-state index in [9.17, 15) is 0 Å². The lowest BCUT2D eigenvalue weighted by molar-refractivity contribution is 0.534. The lowest BCUT2D eigenvalue weighted by Gasteiger charge is -2.22. The molecule has 2 unspecified atom stereocenters. The predicted molar refractivity (Wildman–Crippen MR) is 73.7 cm³/mol. The van der Waals surface area contributed by atoms with Gasteiger partial charge in [-0.3, -0.25) is 0 Å². The van der Waals surface area contributed by atoms with E-state index >= 15 is 0 Å². The van der Waals surface area contributed by atoms with Crippen LogP contribution in [-0.2, 0) is 0 Å². The number of halogens is 1. The second-order valence-electron chi connectivity index (χ2n) is 4.96. The molecule has 0 heterocycles. The van der Waals surface area contributed by atoms with Gasteiger partial charge in [-0.15, -0.1) is 11.6 Å². The van der Waals surface area contributed by atoms with Gasteiger partial charge in [0.05, 0.1) is 0 Å². The first-order chi connectivity index (χ1) is 7.43. The van der Waals surface area contributed by atoms with Crippen molar-refractivity contribution < 1.29 is 0 Å². The number of rotatable bonds is 4. The highest BCUT2D eigenvalue weighted by molar-refractivity contribution is 6.21. The molecule has 1 aromatic rings. The molecular formula is C14H22ClN. The van der Waals surface area contributed by atoms with E-state index in [1.807, 2.05) is 0 Å². The second-order valence-corrected chi connectivity index (χ2v) is 5.47. The molecule has 2 heteroatoms. The molecule has 16 heavy (non-hydrogen) atoms. The molecule has 0 aromatic heterocycles. The molecule has 1 rings (SSSR count). The van der Waals surface area contributed by atoms with Crippen LogP contribution >= 0.6 is 11.6 Å². The Morgan fingerprint density at radius 2 is 1.50 bits per heavy atom. The fraction of sp³-hybridized carbons (Fsp3) is 0.571. The van der Waals surface area contributed by atoms with Crippen molar-refractivity contribution in [1.82, 2.24) is 0 Å². The summed E-state index contributed by atoms with van der Waals surface area (Å²) in [5.74, 6) is 0.906. The summed E-state index contributed by atoms with van der Waals surface area (Å²) < 4.78 is 0. The van der Waals surface area contributed by atoms with Crippen LogP contribution in [0.15, 0.2) is 24.3 Å². The Morgan fingerprint density at radius 1 is 1.00 bits per heavy atom. The molecule has 0 bridgehead atoms. The molecule has 0 spiro atoms. The molecule has 0 fully saturated rings. The Labute approximate surface area is 104 Å². The summed E-state index contributed by atoms with van der Waals surface area (Å²) in [5.41, 5.74) is 2.55. The average molecular weight is 240 g/mol. The third-order valence-corrected chi connectivity index (χ3v) is 3.93. The number of benzene rings is 1. The number of anilines is 1. The maximum atomic E-state index is 6.39. The molecule has 1 nitrogen and oxygen atoms in total. The maximum absolute atomic E-state index is 6.39. The van der Waals surface area contributed by atoms with Crippen LogP contribution in [0.2, 0.25) is 0 Å². The Morgan fingerprint density at radius 3 is 1.88 bits per heavy atom. The quantitative estimate of drug-likeness (QED) is 0.715. The smallest absolute Gasteiger partial charge is 0.0424 e. The monoisotopic (exact) mass is 239 g/mol. The second kappa shape index (κ2) is 5.58. The standard InChI is InChI=1S/C14H22ClN/c1-10(2)14(15)11(3)12-6-8-13(9-7-12)16(4)5/h6-11,14H,1-5H3. The molecule has 0 aliphatic carbocycles. The highest BCUT2D eigenvalue weighted by atomic mass is 35.5. The SMILES string of the molecule is CC(C)C(Cl)C(C)c1ccc(N(C)C)cc1. The van der Waals surface area contributed by atoms with Crippen LogP contribution in [0.25, 0.3) is 0 Å². The van der Waals surface area contributed by atoms with Crippen molar-refractivity contribution in [2.24, 2.45) is 5.92 Å². The summed E-state index contributed by atoms with van der Waals surface area (Å²) in [6.07, 6.45) is 0. The molecule has 90 valence electrons. The largest absolute Gasteiger partial charge is 0.378 e. The molecular weight excluding hydrogens is 218 g/mol. The van der Waals surface area contributed by atoms with Gasteiger partial charge in [-0.05, 0) is 29.5 Å². The van der Waals surface area contributed by atoms with Crippen LogP contribution in [0.4, 0.5) is 5.69 Å². The van der Waals surface area contributed by atoms with Crippen LogP contribution in [0, 0.1) is 5.92 Å². The molecule has 0 saturated carbocycles. The normalized spacial score (nSPS) is 14.9. The summed E-state index contributed by atoms with van der Waals surface area (Å²) >= 11 is 6.39. The van der Waals surface area contributed by atoms with Crippen molar-refractivity contribution in [2.75, 3.05) is 19.0 Å². The highest BCUT2D eigenvalue weighted by Gasteiger charge is 2.19. The van der Waals surface area contributed by atoms with Gasteiger partial charge in [0.15, 0.2) is 0 Å². The van der Waals surface area contributed by atoms with Gasteiger partial charge in [0.25, 0.3) is 0 Å². The van der Waals surface area contributed by atoms with Crippen LogP contribution in [-0.4, -0.2) is 19.5 Å². The van der Waals surface area contributed by atoms with Gasteiger partial charge in [0, 0.05) is 25.2 Å². The topological polar surface area (TPSA) is 3.24 Å². The zero-order valence-electron chi connectivity index (χ0n) is 10.9. The minimum absolute atomic E-state index is 0.199. The zero-order valence-corrected chi connectivity index (χ0v) is 11.6. The Bertz CT molecular complexity index is 316. The molecule has 0 aliphatic rings. The van der Waals surface area contributed by atoms with Crippen molar-refractivity contribution in [1.29, 1.82) is 0 Å². The third-order valence-electron chi connectivity index (χ3n) is 3.05. The van der Waals surface area contributed by atoms with Crippen molar-refractivity contribution in [2.45, 2.75) is 32.1 Å². The van der Waals surface area contributed by atoms with Gasteiger partial charge in [-0.25, -0.2) is 0 Å². The fourth-order valence-electron chi connectivity index (χ4n) is 1.84. The first-order valence-corrected chi connectivity index (χ1v) is 6.28. The van der Waals surface area contributed by atoms with Crippen molar-refractivity contribution in [3.05, 3.63) is 29.8 Å². The first-order valence-electron chi connectivity index (χ1n) is 5.85. The summed E-state index contributed by atoms with van der Waals surface area (Å²) in [5, 5.41) is 0.199. The molecule has 0 amide bonds. The molecule has 0 N–H and O–H groups in total. The highest BCUT2D eigenvalue weighted by Crippen LogP contribution is 2.29. The summed E-state index contributed by atoms with van der Waals surface area (Å²) in [6, 6.07) is 8.65. The van der Waals surface area contributed by atoms with E-state index in [4.69, 9.17) is 11.6 Å². The summed E-state index contributed by atoms with van der Waals surface area (Å²) in [6.45, 7) is 6.53. The third kappa shape index (κ3) is 3.15. The van der Waals surface area contributed by atoms with E-state index in [1.54, 1.807) is 0 Å². The van der Waals surface area contributed by atoms with E-state index in [2.05, 4.69) is 64.0 Å². The Balaban J connectivity index is 2.81. The molecule has 0 aliphatic heterocycles. The van der Waals surface area contributed by atoms with Crippen LogP contribution in [0.1, 0.15) is 32.3 Å². The predicted octanol–water partition coefficient (Wildman–Crippen LogP) is 4.12. The lowest BCUT2D eigenvalue weighted by atomic mass is 9.91. The van der Waals surface area contributed by atoms with Crippen LogP contribution < -0.4 is 4.90 Å². The number of hydrogen-bond donors (Lipinski definition) is 0. The van der Waals surface area contributed by atoms with E-state index in [1.165, 1.54) is 11.3 Å². The van der Waals surface area contributed by atoms with Gasteiger partial charge in [-0.2, -0.15) is 0 Å². The summed E-state index contributed by atoms with van der Waals surface area (Å²) in [7, 11) is 4.10. The maximum Gasteiger partial charge on any atom is 0.0424 e. The molecule has 0 saturated heterocycles. The molecule has 0 radical (unpaired) electrons.